The molecule has 0 aliphatic rings. The molecule has 6 heavy (non-hydrogen) atoms. The van der Waals surface area contributed by atoms with E-state index in [2.05, 4.69) is 5.63 Å². The van der Waals surface area contributed by atoms with Gasteiger partial charge in [0.25, 0.3) is 0 Å². The fourth-order valence-electron chi connectivity index (χ4n) is 0.0763. The van der Waals surface area contributed by atoms with E-state index in [1.807, 2.05) is 0 Å². The zero-order valence-corrected chi connectivity index (χ0v) is 4.27. The normalized spacial score (nSPS) is 12.3. The molecule has 2 nitrogen and oxygen atoms in total. The second kappa shape index (κ2) is 3.17. The Labute approximate surface area is 37.3 Å². The molecule has 0 aromatic rings. The van der Waals surface area contributed by atoms with Gasteiger partial charge < -0.3 is 0 Å². The van der Waals surface area contributed by atoms with Gasteiger partial charge in [-0.15, -0.1) is 0 Å². The number of aliphatic hydroxyl groups is 1. The molecule has 0 spiro atoms. The van der Waals surface area contributed by atoms with Crippen molar-refractivity contribution in [2.45, 2.75) is 13.0 Å². The number of aliphatic hydroxyl groups excluding tert-OH is 1. The van der Waals surface area contributed by atoms with Gasteiger partial charge >= 0.3 is 36.2 Å². The van der Waals surface area contributed by atoms with Crippen molar-refractivity contribution >= 4 is 7.92 Å². The molecule has 1 atom stereocenters. The van der Waals surface area contributed by atoms with Crippen LogP contribution in [-0.4, -0.2) is 11.2 Å². The first-order valence-electron chi connectivity index (χ1n) is 1.53. The summed E-state index contributed by atoms with van der Waals surface area (Å²) in [5, 5.41) is 8.23. The molecule has 0 fully saturated rings. The molecule has 0 aliphatic carbocycles. The molecule has 0 aromatic heterocycles. The summed E-state index contributed by atoms with van der Waals surface area (Å²) >= 11 is 0. The van der Waals surface area contributed by atoms with E-state index in [1.54, 1.807) is 0 Å². The quantitative estimate of drug-likeness (QED) is 0.457. The molecule has 34 valence electrons. The van der Waals surface area contributed by atoms with Crippen LogP contribution in [0, 0.1) is 5.63 Å². The predicted octanol–water partition coefficient (Wildman–Crippen LogP) is 0.618. The van der Waals surface area contributed by atoms with Crippen LogP contribution in [0.4, 0.5) is 0 Å². The van der Waals surface area contributed by atoms with Gasteiger partial charge in [-0.3, -0.25) is 0 Å². The van der Waals surface area contributed by atoms with Crippen LogP contribution in [0.15, 0.2) is 0 Å². The van der Waals surface area contributed by atoms with Gasteiger partial charge in [0.05, 0.1) is 0 Å². The second-order valence-electron chi connectivity index (χ2n) is 0.896. The fraction of sp³-hybridized carbons (Fsp3) is 0.667. The molecule has 0 bridgehead atoms. The van der Waals surface area contributed by atoms with Gasteiger partial charge in [0.2, 0.25) is 0 Å². The third kappa shape index (κ3) is 3.97. The van der Waals surface area contributed by atoms with Crippen LogP contribution in [0.2, 0.25) is 0 Å². The Bertz CT molecular complexity index is 110. The van der Waals surface area contributed by atoms with Gasteiger partial charge in [-0.1, -0.05) is 0 Å². The van der Waals surface area contributed by atoms with E-state index in [1.165, 1.54) is 6.92 Å². The summed E-state index contributed by atoms with van der Waals surface area (Å²) in [4.78, 5) is 0. The summed E-state index contributed by atoms with van der Waals surface area (Å²) in [7, 11) is -0.226. The summed E-state index contributed by atoms with van der Waals surface area (Å²) in [6.45, 7) is 1.49. The van der Waals surface area contributed by atoms with Gasteiger partial charge in [-0.05, 0) is 0 Å². The zero-order chi connectivity index (χ0) is 4.99. The molecule has 0 aliphatic heterocycles. The predicted molar refractivity (Wildman–Crippen MR) is 23.2 cm³/mol. The summed E-state index contributed by atoms with van der Waals surface area (Å²) < 4.78 is 9.44. The first kappa shape index (κ1) is 5.97. The molecular formula is C3H5O2P. The Hall–Kier alpha value is -0.0300. The second-order valence-corrected chi connectivity index (χ2v) is 1.34. The first-order valence-corrected chi connectivity index (χ1v) is 2.34. The van der Waals surface area contributed by atoms with Gasteiger partial charge in [0.15, 0.2) is 0 Å². The molecule has 0 amide bonds. The number of hydrogen-bond acceptors (Lipinski definition) is 2. The average Bonchev–Trinajstić information content (AvgIpc) is 1.35. The van der Waals surface area contributed by atoms with Gasteiger partial charge in [0.1, 0.15) is 0 Å². The molecule has 0 rings (SSSR count). The van der Waals surface area contributed by atoms with Gasteiger partial charge in [0, 0.05) is 0 Å². The number of hydrogen-bond donors (Lipinski definition) is 1. The minimum absolute atomic E-state index is 0.226. The molecular weight excluding hydrogens is 99.0 g/mol. The van der Waals surface area contributed by atoms with Crippen molar-refractivity contribution in [1.29, 1.82) is 0 Å². The van der Waals surface area contributed by atoms with Crippen LogP contribution < -0.4 is 0 Å². The molecule has 3 heteroatoms. The van der Waals surface area contributed by atoms with Crippen molar-refractivity contribution < 1.29 is 9.67 Å². The topological polar surface area (TPSA) is 37.3 Å². The standard InChI is InChI=1S/C3H5O2P/c1-3(4)2-6-5/h3-4H,1H3. The van der Waals surface area contributed by atoms with Crippen molar-refractivity contribution in [3.05, 3.63) is 0 Å². The van der Waals surface area contributed by atoms with Crippen molar-refractivity contribution in [2.75, 3.05) is 0 Å². The van der Waals surface area contributed by atoms with Crippen molar-refractivity contribution in [2.24, 2.45) is 0 Å². The van der Waals surface area contributed by atoms with Crippen molar-refractivity contribution in [1.82, 2.24) is 0 Å². The maximum atomic E-state index is 9.44. The van der Waals surface area contributed by atoms with Crippen LogP contribution in [0.5, 0.6) is 0 Å². The Balaban J connectivity index is 3.49. The minimum atomic E-state index is -0.677. The van der Waals surface area contributed by atoms with Crippen LogP contribution in [0.3, 0.4) is 0 Å². The average molecular weight is 104 g/mol. The van der Waals surface area contributed by atoms with E-state index in [0.717, 1.165) is 0 Å². The van der Waals surface area contributed by atoms with E-state index < -0.39 is 6.10 Å². The molecule has 0 saturated heterocycles. The monoisotopic (exact) mass is 104 g/mol. The van der Waals surface area contributed by atoms with E-state index in [0.29, 0.717) is 0 Å². The molecule has 0 saturated carbocycles. The summed E-state index contributed by atoms with van der Waals surface area (Å²) in [5.74, 6) is 0. The van der Waals surface area contributed by atoms with Crippen LogP contribution in [0.25, 0.3) is 0 Å². The molecule has 0 heterocycles. The molecule has 1 unspecified atom stereocenters. The van der Waals surface area contributed by atoms with E-state index in [-0.39, 0.29) is 7.92 Å². The number of rotatable bonds is 0. The Morgan fingerprint density at radius 3 is 2.50 bits per heavy atom. The molecule has 0 aromatic carbocycles. The summed E-state index contributed by atoms with van der Waals surface area (Å²) in [5.41, 5.74) is 2.18. The van der Waals surface area contributed by atoms with Gasteiger partial charge in [-0.2, -0.15) is 0 Å². The van der Waals surface area contributed by atoms with E-state index >= 15 is 0 Å². The van der Waals surface area contributed by atoms with E-state index in [9.17, 15) is 4.57 Å². The van der Waals surface area contributed by atoms with Crippen LogP contribution >= 0.6 is 7.92 Å². The van der Waals surface area contributed by atoms with E-state index in [4.69, 9.17) is 5.11 Å². The molecule has 1 N–H and O–H groups in total. The Morgan fingerprint density at radius 1 is 2.00 bits per heavy atom. The third-order valence-electron chi connectivity index (χ3n) is 0.240. The third-order valence-corrected chi connectivity index (χ3v) is 0.719. The summed E-state index contributed by atoms with van der Waals surface area (Å²) in [6, 6.07) is 0. The Morgan fingerprint density at radius 2 is 2.50 bits per heavy atom. The maximum absolute atomic E-state index is 9.44. The molecule has 0 radical (unpaired) electrons. The first-order chi connectivity index (χ1) is 2.77. The van der Waals surface area contributed by atoms with Crippen molar-refractivity contribution in [3.63, 3.8) is 0 Å². The summed E-state index contributed by atoms with van der Waals surface area (Å²) in [6.07, 6.45) is -0.677. The Kier molecular flexibility index (Phi) is 3.16. The van der Waals surface area contributed by atoms with Crippen LogP contribution in [-0.2, 0) is 4.57 Å². The van der Waals surface area contributed by atoms with Gasteiger partial charge in [-0.25, -0.2) is 0 Å². The SMILES string of the molecule is CC(O)C#P=O. The van der Waals surface area contributed by atoms with Crippen LogP contribution in [0.1, 0.15) is 6.92 Å². The fourth-order valence-corrected chi connectivity index (χ4v) is 0.229. The zero-order valence-electron chi connectivity index (χ0n) is 3.38. The van der Waals surface area contributed by atoms with Crippen molar-refractivity contribution in [3.8, 4) is 5.63 Å².